The first-order valence-electron chi connectivity index (χ1n) is 9.22. The molecule has 0 saturated carbocycles. The van der Waals surface area contributed by atoms with Crippen LogP contribution in [0.2, 0.25) is 0 Å². The largest absolute Gasteiger partial charge is 0.465 e. The zero-order valence-corrected chi connectivity index (χ0v) is 18.4. The molecule has 3 rings (SSSR count). The zero-order chi connectivity index (χ0) is 22.6. The topological polar surface area (TPSA) is 107 Å². The van der Waals surface area contributed by atoms with Crippen molar-refractivity contribution in [1.82, 2.24) is 4.90 Å². The molecule has 1 heterocycles. The van der Waals surface area contributed by atoms with Crippen molar-refractivity contribution in [1.29, 1.82) is 0 Å². The van der Waals surface area contributed by atoms with Crippen molar-refractivity contribution in [2.45, 2.75) is 18.7 Å². The molecule has 1 aliphatic heterocycles. The highest BCUT2D eigenvalue weighted by Crippen LogP contribution is 2.32. The van der Waals surface area contributed by atoms with E-state index >= 15 is 0 Å². The van der Waals surface area contributed by atoms with Crippen molar-refractivity contribution in [3.8, 4) is 5.75 Å². The number of ether oxygens (including phenoxy) is 1. The van der Waals surface area contributed by atoms with Crippen LogP contribution in [0.4, 0.5) is 4.79 Å². The van der Waals surface area contributed by atoms with Gasteiger partial charge in [-0.15, -0.1) is 0 Å². The first kappa shape index (κ1) is 22.6. The molecule has 162 valence electrons. The lowest BCUT2D eigenvalue weighted by atomic mass is 10.2. The van der Waals surface area contributed by atoms with Crippen LogP contribution < -0.4 is 4.18 Å². The molecule has 0 N–H and O–H groups in total. The summed E-state index contributed by atoms with van der Waals surface area (Å²) in [6, 6.07) is 12.3. The van der Waals surface area contributed by atoms with Gasteiger partial charge in [-0.1, -0.05) is 29.8 Å². The Labute approximate surface area is 184 Å². The quantitative estimate of drug-likeness (QED) is 0.351. The monoisotopic (exact) mass is 461 g/mol. The third-order valence-electron chi connectivity index (χ3n) is 4.16. The molecule has 0 aliphatic carbocycles. The standard InChI is InChI=1S/C21H19NO7S2/c1-3-28-19(23)13-22-20(24)18(30-21(22)25)12-15-6-8-16(9-7-15)29-31(26,27)17-10-4-14(2)5-11-17/h4-12H,3,13H2,1-2H3/b18-12-. The summed E-state index contributed by atoms with van der Waals surface area (Å²) in [6.45, 7) is 3.19. The fourth-order valence-electron chi connectivity index (χ4n) is 2.62. The van der Waals surface area contributed by atoms with Gasteiger partial charge in [0.2, 0.25) is 0 Å². The number of benzene rings is 2. The number of rotatable bonds is 7. The predicted octanol–water partition coefficient (Wildman–Crippen LogP) is 3.36. The van der Waals surface area contributed by atoms with E-state index in [1.807, 2.05) is 6.92 Å². The van der Waals surface area contributed by atoms with E-state index in [0.717, 1.165) is 10.5 Å². The fraction of sp³-hybridized carbons (Fsp3) is 0.190. The SMILES string of the molecule is CCOC(=O)CN1C(=O)S/C(=C\c2ccc(OS(=O)(=O)c3ccc(C)cc3)cc2)C1=O. The summed E-state index contributed by atoms with van der Waals surface area (Å²) >= 11 is 0.713. The molecule has 10 heteroatoms. The molecule has 0 radical (unpaired) electrons. The number of carbonyl (C=O) groups excluding carboxylic acids is 3. The van der Waals surface area contributed by atoms with E-state index in [4.69, 9.17) is 8.92 Å². The Hall–Kier alpha value is -3.11. The number of nitrogens with zero attached hydrogens (tertiary/aromatic N) is 1. The van der Waals surface area contributed by atoms with E-state index in [9.17, 15) is 22.8 Å². The van der Waals surface area contributed by atoms with E-state index < -0.39 is 33.8 Å². The Morgan fingerprint density at radius 3 is 2.32 bits per heavy atom. The van der Waals surface area contributed by atoms with E-state index in [1.165, 1.54) is 30.3 Å². The average molecular weight is 462 g/mol. The Morgan fingerprint density at radius 1 is 1.06 bits per heavy atom. The van der Waals surface area contributed by atoms with Gasteiger partial charge in [0, 0.05) is 0 Å². The minimum Gasteiger partial charge on any atom is -0.465 e. The van der Waals surface area contributed by atoms with Crippen LogP contribution >= 0.6 is 11.8 Å². The van der Waals surface area contributed by atoms with Gasteiger partial charge in [-0.2, -0.15) is 8.42 Å². The molecular weight excluding hydrogens is 442 g/mol. The minimum absolute atomic E-state index is 0.0393. The maximum Gasteiger partial charge on any atom is 0.339 e. The fourth-order valence-corrected chi connectivity index (χ4v) is 4.39. The highest BCUT2D eigenvalue weighted by Gasteiger charge is 2.36. The van der Waals surface area contributed by atoms with E-state index in [0.29, 0.717) is 17.3 Å². The second kappa shape index (κ2) is 9.36. The van der Waals surface area contributed by atoms with Gasteiger partial charge in [0.25, 0.3) is 11.1 Å². The Kier molecular flexibility index (Phi) is 6.81. The number of esters is 1. The molecular formula is C21H19NO7S2. The Bertz CT molecular complexity index is 1140. The number of hydrogen-bond acceptors (Lipinski definition) is 8. The first-order valence-corrected chi connectivity index (χ1v) is 11.4. The van der Waals surface area contributed by atoms with Crippen LogP contribution in [0.3, 0.4) is 0 Å². The molecule has 0 atom stereocenters. The van der Waals surface area contributed by atoms with Crippen molar-refractivity contribution < 1.29 is 31.7 Å². The highest BCUT2D eigenvalue weighted by molar-refractivity contribution is 8.18. The van der Waals surface area contributed by atoms with Gasteiger partial charge < -0.3 is 8.92 Å². The molecule has 2 aromatic carbocycles. The van der Waals surface area contributed by atoms with Gasteiger partial charge in [-0.3, -0.25) is 19.3 Å². The second-order valence-corrected chi connectivity index (χ2v) is 9.03. The van der Waals surface area contributed by atoms with Crippen LogP contribution in [0.25, 0.3) is 6.08 Å². The minimum atomic E-state index is -3.97. The van der Waals surface area contributed by atoms with Crippen molar-refractivity contribution in [3.05, 3.63) is 64.6 Å². The second-order valence-electron chi connectivity index (χ2n) is 6.49. The van der Waals surface area contributed by atoms with Crippen LogP contribution in [0.5, 0.6) is 5.75 Å². The summed E-state index contributed by atoms with van der Waals surface area (Å²) in [6.07, 6.45) is 1.48. The maximum absolute atomic E-state index is 12.4. The van der Waals surface area contributed by atoms with Crippen LogP contribution in [0.1, 0.15) is 18.1 Å². The summed E-state index contributed by atoms with van der Waals surface area (Å²) < 4.78 is 34.6. The van der Waals surface area contributed by atoms with Crippen LogP contribution in [-0.2, 0) is 24.4 Å². The van der Waals surface area contributed by atoms with Crippen molar-refractivity contribution in [2.24, 2.45) is 0 Å². The number of hydrogen-bond donors (Lipinski definition) is 0. The summed E-state index contributed by atoms with van der Waals surface area (Å²) in [5.41, 5.74) is 1.48. The molecule has 0 spiro atoms. The molecule has 1 aliphatic rings. The average Bonchev–Trinajstić information content (AvgIpc) is 2.97. The molecule has 0 bridgehead atoms. The molecule has 2 aromatic rings. The van der Waals surface area contributed by atoms with Crippen molar-refractivity contribution >= 4 is 45.1 Å². The molecule has 1 fully saturated rings. The summed E-state index contributed by atoms with van der Waals surface area (Å²) in [4.78, 5) is 37.0. The number of imide groups is 1. The number of carbonyl (C=O) groups is 3. The first-order chi connectivity index (χ1) is 14.7. The molecule has 0 aromatic heterocycles. The van der Waals surface area contributed by atoms with Gasteiger partial charge in [0.15, 0.2) is 0 Å². The van der Waals surface area contributed by atoms with Gasteiger partial charge in [-0.05, 0) is 61.5 Å². The van der Waals surface area contributed by atoms with Gasteiger partial charge in [-0.25, -0.2) is 0 Å². The molecule has 2 amide bonds. The molecule has 31 heavy (non-hydrogen) atoms. The lowest BCUT2D eigenvalue weighted by Gasteiger charge is -2.10. The van der Waals surface area contributed by atoms with Crippen molar-refractivity contribution in [2.75, 3.05) is 13.2 Å². The summed E-state index contributed by atoms with van der Waals surface area (Å²) in [5, 5.41) is -0.562. The molecule has 8 nitrogen and oxygen atoms in total. The Balaban J connectivity index is 1.71. The lowest BCUT2D eigenvalue weighted by Crippen LogP contribution is -2.34. The van der Waals surface area contributed by atoms with E-state index in [-0.39, 0.29) is 22.2 Å². The van der Waals surface area contributed by atoms with Gasteiger partial charge in [0.1, 0.15) is 17.2 Å². The third kappa shape index (κ3) is 5.53. The van der Waals surface area contributed by atoms with Gasteiger partial charge >= 0.3 is 16.1 Å². The summed E-state index contributed by atoms with van der Waals surface area (Å²) in [5.74, 6) is -1.15. The number of thioether (sulfide) groups is 1. The van der Waals surface area contributed by atoms with Crippen LogP contribution in [0, 0.1) is 6.92 Å². The van der Waals surface area contributed by atoms with E-state index in [1.54, 1.807) is 31.2 Å². The van der Waals surface area contributed by atoms with Crippen LogP contribution in [0.15, 0.2) is 58.3 Å². The molecule has 0 unspecified atom stereocenters. The van der Waals surface area contributed by atoms with Crippen LogP contribution in [-0.4, -0.2) is 43.6 Å². The van der Waals surface area contributed by atoms with E-state index in [2.05, 4.69) is 0 Å². The smallest absolute Gasteiger partial charge is 0.339 e. The Morgan fingerprint density at radius 2 is 1.71 bits per heavy atom. The number of aryl methyl sites for hydroxylation is 1. The number of amides is 2. The summed E-state index contributed by atoms with van der Waals surface area (Å²) in [7, 11) is -3.97. The molecule has 1 saturated heterocycles. The highest BCUT2D eigenvalue weighted by atomic mass is 32.2. The predicted molar refractivity (Wildman–Crippen MR) is 115 cm³/mol. The van der Waals surface area contributed by atoms with Crippen molar-refractivity contribution in [3.63, 3.8) is 0 Å². The third-order valence-corrected chi connectivity index (χ3v) is 6.33. The lowest BCUT2D eigenvalue weighted by molar-refractivity contribution is -0.145. The van der Waals surface area contributed by atoms with Gasteiger partial charge in [0.05, 0.1) is 11.5 Å². The maximum atomic E-state index is 12.4. The zero-order valence-electron chi connectivity index (χ0n) is 16.7. The normalized spacial score (nSPS) is 15.4.